The van der Waals surface area contributed by atoms with Crippen molar-refractivity contribution in [2.45, 2.75) is 0 Å². The van der Waals surface area contributed by atoms with Crippen molar-refractivity contribution in [1.29, 1.82) is 0 Å². The van der Waals surface area contributed by atoms with Gasteiger partial charge in [-0.15, -0.1) is 10.2 Å². The van der Waals surface area contributed by atoms with E-state index in [0.717, 1.165) is 0 Å². The van der Waals surface area contributed by atoms with Gasteiger partial charge in [-0.1, -0.05) is 22.9 Å². The van der Waals surface area contributed by atoms with Crippen molar-refractivity contribution in [2.24, 2.45) is 0 Å². The molecule has 0 unspecified atom stereocenters. The number of nitrogens with one attached hydrogen (secondary N) is 1. The topological polar surface area (TPSA) is 80.9 Å². The first kappa shape index (κ1) is 10.8. The van der Waals surface area contributed by atoms with Crippen LogP contribution in [0.3, 0.4) is 0 Å². The van der Waals surface area contributed by atoms with Crippen LogP contribution in [0.5, 0.6) is 0 Å². The van der Waals surface area contributed by atoms with Gasteiger partial charge in [-0.25, -0.2) is 0 Å². The summed E-state index contributed by atoms with van der Waals surface area (Å²) < 4.78 is 0. The van der Waals surface area contributed by atoms with Gasteiger partial charge in [0.1, 0.15) is 5.51 Å². The third-order valence-electron chi connectivity index (χ3n) is 1.82. The van der Waals surface area contributed by atoms with E-state index in [9.17, 15) is 4.79 Å². The van der Waals surface area contributed by atoms with Crippen LogP contribution >= 0.6 is 22.9 Å². The highest BCUT2D eigenvalue weighted by molar-refractivity contribution is 7.13. The molecule has 5 nitrogen and oxygen atoms in total. The average molecular weight is 255 g/mol. The minimum Gasteiger partial charge on any atom is -0.399 e. The molecule has 3 N–H and O–H groups in total. The molecule has 2 rings (SSSR count). The molecular formula is C9H7ClN4OS. The lowest BCUT2D eigenvalue weighted by Gasteiger charge is -2.04. The molecule has 0 fully saturated rings. The van der Waals surface area contributed by atoms with Gasteiger partial charge >= 0.3 is 0 Å². The maximum Gasteiger partial charge on any atom is 0.259 e. The molecular weight excluding hydrogens is 248 g/mol. The minimum atomic E-state index is -0.353. The summed E-state index contributed by atoms with van der Waals surface area (Å²) in [6.45, 7) is 0. The van der Waals surface area contributed by atoms with E-state index in [1.165, 1.54) is 22.9 Å². The monoisotopic (exact) mass is 254 g/mol. The molecule has 0 aliphatic carbocycles. The Bertz CT molecular complexity index is 514. The quantitative estimate of drug-likeness (QED) is 0.804. The first-order chi connectivity index (χ1) is 7.66. The Kier molecular flexibility index (Phi) is 3.02. The second-order valence-corrected chi connectivity index (χ2v) is 4.18. The highest BCUT2D eigenvalue weighted by Crippen LogP contribution is 2.20. The van der Waals surface area contributed by atoms with Crippen molar-refractivity contribution in [3.8, 4) is 0 Å². The van der Waals surface area contributed by atoms with Crippen molar-refractivity contribution in [1.82, 2.24) is 10.2 Å². The molecule has 0 aliphatic rings. The Labute approximate surface area is 100 Å². The Hall–Kier alpha value is -1.66. The van der Waals surface area contributed by atoms with Crippen LogP contribution in [0.4, 0.5) is 10.8 Å². The van der Waals surface area contributed by atoms with Crippen LogP contribution in [0.15, 0.2) is 23.7 Å². The highest BCUT2D eigenvalue weighted by atomic mass is 35.5. The number of hydrogen-bond acceptors (Lipinski definition) is 5. The smallest absolute Gasteiger partial charge is 0.259 e. The molecule has 0 bridgehead atoms. The summed E-state index contributed by atoms with van der Waals surface area (Å²) in [5.41, 5.74) is 7.89. The second kappa shape index (κ2) is 4.46. The maximum atomic E-state index is 11.8. The van der Waals surface area contributed by atoms with Crippen molar-refractivity contribution >= 4 is 39.7 Å². The fourth-order valence-electron chi connectivity index (χ4n) is 1.11. The van der Waals surface area contributed by atoms with Gasteiger partial charge in [0, 0.05) is 5.69 Å². The van der Waals surface area contributed by atoms with Gasteiger partial charge in [0.15, 0.2) is 0 Å². The number of anilines is 2. The summed E-state index contributed by atoms with van der Waals surface area (Å²) in [6, 6.07) is 4.72. The molecule has 0 spiro atoms. The molecule has 0 saturated carbocycles. The zero-order chi connectivity index (χ0) is 11.5. The molecule has 1 aromatic heterocycles. The molecule has 0 radical (unpaired) electrons. The normalized spacial score (nSPS) is 10.1. The average Bonchev–Trinajstić information content (AvgIpc) is 2.74. The molecule has 0 atom stereocenters. The Balaban J connectivity index is 2.24. The van der Waals surface area contributed by atoms with Crippen LogP contribution in [-0.2, 0) is 0 Å². The number of halogens is 1. The molecule has 7 heteroatoms. The van der Waals surface area contributed by atoms with Gasteiger partial charge in [-0.05, 0) is 18.2 Å². The number of amides is 1. The number of hydrogen-bond donors (Lipinski definition) is 2. The van der Waals surface area contributed by atoms with E-state index in [2.05, 4.69) is 15.5 Å². The van der Waals surface area contributed by atoms with E-state index in [-0.39, 0.29) is 5.91 Å². The highest BCUT2D eigenvalue weighted by Gasteiger charge is 2.12. The van der Waals surface area contributed by atoms with E-state index in [1.54, 1.807) is 12.1 Å². The molecule has 2 aromatic rings. The van der Waals surface area contributed by atoms with Gasteiger partial charge in [0.05, 0.1) is 10.6 Å². The SMILES string of the molecule is Nc1ccc(Cl)c(C(=O)Nc2nncs2)c1. The Morgan fingerprint density at radius 1 is 1.50 bits per heavy atom. The van der Waals surface area contributed by atoms with Crippen LogP contribution in [-0.4, -0.2) is 16.1 Å². The first-order valence-corrected chi connectivity index (χ1v) is 5.55. The predicted octanol–water partition coefficient (Wildman–Crippen LogP) is 2.03. The van der Waals surface area contributed by atoms with Gasteiger partial charge < -0.3 is 5.73 Å². The van der Waals surface area contributed by atoms with E-state index in [4.69, 9.17) is 17.3 Å². The van der Waals surface area contributed by atoms with Crippen LogP contribution in [0.2, 0.25) is 5.02 Å². The van der Waals surface area contributed by atoms with Gasteiger partial charge in [-0.2, -0.15) is 0 Å². The van der Waals surface area contributed by atoms with Crippen molar-refractivity contribution in [2.75, 3.05) is 11.1 Å². The van der Waals surface area contributed by atoms with Crippen LogP contribution in [0.25, 0.3) is 0 Å². The zero-order valence-corrected chi connectivity index (χ0v) is 9.55. The summed E-state index contributed by atoms with van der Waals surface area (Å²) >= 11 is 7.11. The summed E-state index contributed by atoms with van der Waals surface area (Å²) in [5.74, 6) is -0.353. The lowest BCUT2D eigenvalue weighted by molar-refractivity contribution is 0.102. The van der Waals surface area contributed by atoms with Crippen molar-refractivity contribution in [3.05, 3.63) is 34.3 Å². The number of carbonyl (C=O) groups is 1. The maximum absolute atomic E-state index is 11.8. The number of nitrogens with zero attached hydrogens (tertiary/aromatic N) is 2. The number of rotatable bonds is 2. The predicted molar refractivity (Wildman–Crippen MR) is 63.7 cm³/mol. The largest absolute Gasteiger partial charge is 0.399 e. The van der Waals surface area contributed by atoms with Crippen LogP contribution in [0, 0.1) is 0 Å². The van der Waals surface area contributed by atoms with E-state index < -0.39 is 0 Å². The molecule has 16 heavy (non-hydrogen) atoms. The lowest BCUT2D eigenvalue weighted by Crippen LogP contribution is -2.12. The molecule has 1 heterocycles. The third-order valence-corrected chi connectivity index (χ3v) is 2.75. The van der Waals surface area contributed by atoms with Crippen LogP contribution in [0.1, 0.15) is 10.4 Å². The summed E-state index contributed by atoms with van der Waals surface area (Å²) in [6.07, 6.45) is 0. The fourth-order valence-corrected chi connectivity index (χ4v) is 1.75. The number of benzene rings is 1. The van der Waals surface area contributed by atoms with Gasteiger partial charge in [0.2, 0.25) is 5.13 Å². The fraction of sp³-hybridized carbons (Fsp3) is 0. The number of carbonyl (C=O) groups excluding carboxylic acids is 1. The summed E-state index contributed by atoms with van der Waals surface area (Å²) in [7, 11) is 0. The molecule has 1 aromatic carbocycles. The number of nitrogens with two attached hydrogens (primary N) is 1. The molecule has 1 amide bonds. The van der Waals surface area contributed by atoms with E-state index in [1.807, 2.05) is 0 Å². The first-order valence-electron chi connectivity index (χ1n) is 4.29. The van der Waals surface area contributed by atoms with Crippen molar-refractivity contribution < 1.29 is 4.79 Å². The third kappa shape index (κ3) is 2.29. The van der Waals surface area contributed by atoms with Crippen molar-refractivity contribution in [3.63, 3.8) is 0 Å². The molecule has 0 saturated heterocycles. The standard InChI is InChI=1S/C9H7ClN4OS/c10-7-2-1-5(11)3-6(7)8(15)13-9-14-12-4-16-9/h1-4H,11H2,(H,13,14,15). The number of nitrogen functional groups attached to an aromatic ring is 1. The molecule has 82 valence electrons. The number of aromatic nitrogens is 2. The lowest BCUT2D eigenvalue weighted by atomic mass is 10.2. The summed E-state index contributed by atoms with van der Waals surface area (Å²) in [5, 5.41) is 10.6. The zero-order valence-electron chi connectivity index (χ0n) is 7.98. The van der Waals surface area contributed by atoms with E-state index >= 15 is 0 Å². The Morgan fingerprint density at radius 3 is 3.00 bits per heavy atom. The van der Waals surface area contributed by atoms with E-state index in [0.29, 0.717) is 21.4 Å². The molecule has 0 aliphatic heterocycles. The van der Waals surface area contributed by atoms with Crippen LogP contribution < -0.4 is 11.1 Å². The van der Waals surface area contributed by atoms with Gasteiger partial charge in [0.25, 0.3) is 5.91 Å². The van der Waals surface area contributed by atoms with Gasteiger partial charge in [-0.3, -0.25) is 10.1 Å². The minimum absolute atomic E-state index is 0.317. The second-order valence-electron chi connectivity index (χ2n) is 2.94. The summed E-state index contributed by atoms with van der Waals surface area (Å²) in [4.78, 5) is 11.8. The Morgan fingerprint density at radius 2 is 2.31 bits per heavy atom.